The van der Waals surface area contributed by atoms with E-state index in [1.165, 1.54) is 6.21 Å². The number of ether oxygens (including phenoxy) is 3. The summed E-state index contributed by atoms with van der Waals surface area (Å²) in [6, 6.07) is 11.8. The molecule has 0 aliphatic carbocycles. The largest absolute Gasteiger partial charge is 0.494 e. The lowest BCUT2D eigenvalue weighted by Crippen LogP contribution is -2.23. The summed E-state index contributed by atoms with van der Waals surface area (Å²) in [4.78, 5) is 12.4. The van der Waals surface area contributed by atoms with Crippen molar-refractivity contribution >= 4 is 29.5 Å². The molecule has 0 fully saturated rings. The van der Waals surface area contributed by atoms with Gasteiger partial charge < -0.3 is 19.9 Å². The smallest absolute Gasteiger partial charge is 0.343 e. The average Bonchev–Trinajstić information content (AvgIpc) is 2.64. The van der Waals surface area contributed by atoms with Gasteiger partial charge in [0, 0.05) is 0 Å². The van der Waals surface area contributed by atoms with Gasteiger partial charge >= 0.3 is 5.97 Å². The molecule has 27 heavy (non-hydrogen) atoms. The van der Waals surface area contributed by atoms with Crippen LogP contribution in [0.15, 0.2) is 47.6 Å². The normalized spacial score (nSPS) is 10.4. The molecule has 8 heteroatoms. The first-order valence-electron chi connectivity index (χ1n) is 8.33. The quantitative estimate of drug-likeness (QED) is 0.236. The zero-order valence-electron chi connectivity index (χ0n) is 15.1. The van der Waals surface area contributed by atoms with E-state index in [1.807, 2.05) is 13.8 Å². The lowest BCUT2D eigenvalue weighted by molar-refractivity contribution is 0.0728. The van der Waals surface area contributed by atoms with Crippen molar-refractivity contribution in [1.29, 1.82) is 0 Å². The van der Waals surface area contributed by atoms with E-state index in [9.17, 15) is 4.79 Å². The highest BCUT2D eigenvalue weighted by molar-refractivity contribution is 7.80. The van der Waals surface area contributed by atoms with Crippen molar-refractivity contribution in [3.8, 4) is 17.2 Å². The van der Waals surface area contributed by atoms with E-state index in [4.69, 9.17) is 19.9 Å². The SMILES string of the molecule is CCOc1ccc(C(=O)Oc2ccc(/C=N/NC(N)=S)cc2OCC)cc1. The molecule has 0 heterocycles. The van der Waals surface area contributed by atoms with Gasteiger partial charge in [0.25, 0.3) is 0 Å². The Morgan fingerprint density at radius 1 is 1.11 bits per heavy atom. The van der Waals surface area contributed by atoms with Crippen molar-refractivity contribution < 1.29 is 19.0 Å². The second-order valence-electron chi connectivity index (χ2n) is 5.22. The summed E-state index contributed by atoms with van der Waals surface area (Å²) in [5.41, 5.74) is 8.92. The van der Waals surface area contributed by atoms with Crippen LogP contribution in [0.3, 0.4) is 0 Å². The molecule has 0 unspecified atom stereocenters. The van der Waals surface area contributed by atoms with Gasteiger partial charge in [-0.05, 0) is 74.1 Å². The fourth-order valence-electron chi connectivity index (χ4n) is 2.14. The van der Waals surface area contributed by atoms with Gasteiger partial charge in [-0.1, -0.05) is 0 Å². The van der Waals surface area contributed by atoms with E-state index in [0.29, 0.717) is 36.0 Å². The van der Waals surface area contributed by atoms with Crippen LogP contribution in [0.25, 0.3) is 0 Å². The molecule has 0 saturated heterocycles. The minimum Gasteiger partial charge on any atom is -0.494 e. The fraction of sp³-hybridized carbons (Fsp3) is 0.211. The Balaban J connectivity index is 2.14. The Morgan fingerprint density at radius 2 is 1.81 bits per heavy atom. The van der Waals surface area contributed by atoms with E-state index < -0.39 is 5.97 Å². The second-order valence-corrected chi connectivity index (χ2v) is 5.66. The van der Waals surface area contributed by atoms with Crippen LogP contribution in [0.5, 0.6) is 17.2 Å². The van der Waals surface area contributed by atoms with Crippen LogP contribution in [-0.2, 0) is 0 Å². The number of hydrogen-bond donors (Lipinski definition) is 2. The molecule has 3 N–H and O–H groups in total. The average molecular weight is 387 g/mol. The van der Waals surface area contributed by atoms with Crippen molar-refractivity contribution in [2.24, 2.45) is 10.8 Å². The fourth-order valence-corrected chi connectivity index (χ4v) is 2.19. The molecule has 0 aromatic heterocycles. The molecule has 142 valence electrons. The third-order valence-corrected chi connectivity index (χ3v) is 3.35. The zero-order chi connectivity index (χ0) is 19.6. The predicted molar refractivity (Wildman–Crippen MR) is 108 cm³/mol. The van der Waals surface area contributed by atoms with Gasteiger partial charge in [-0.3, -0.25) is 5.43 Å². The minimum atomic E-state index is -0.490. The molecule has 7 nitrogen and oxygen atoms in total. The summed E-state index contributed by atoms with van der Waals surface area (Å²) in [5.74, 6) is 0.945. The van der Waals surface area contributed by atoms with Crippen LogP contribution in [0, 0.1) is 0 Å². The Labute approximate surface area is 163 Å². The summed E-state index contributed by atoms with van der Waals surface area (Å²) < 4.78 is 16.4. The van der Waals surface area contributed by atoms with E-state index in [1.54, 1.807) is 42.5 Å². The predicted octanol–water partition coefficient (Wildman–Crippen LogP) is 2.87. The molecular formula is C19H21N3O4S. The molecule has 0 saturated carbocycles. The van der Waals surface area contributed by atoms with Crippen molar-refractivity contribution in [3.05, 3.63) is 53.6 Å². The number of carbonyl (C=O) groups is 1. The Morgan fingerprint density at radius 3 is 2.44 bits per heavy atom. The first-order valence-corrected chi connectivity index (χ1v) is 8.74. The summed E-state index contributed by atoms with van der Waals surface area (Å²) in [6.45, 7) is 4.71. The Hall–Kier alpha value is -3.13. The first kappa shape index (κ1) is 20.2. The summed E-state index contributed by atoms with van der Waals surface area (Å²) >= 11 is 4.68. The van der Waals surface area contributed by atoms with E-state index >= 15 is 0 Å². The maximum Gasteiger partial charge on any atom is 0.343 e. The van der Waals surface area contributed by atoms with Crippen LogP contribution in [-0.4, -0.2) is 30.5 Å². The molecule has 0 amide bonds. The molecule has 0 bridgehead atoms. The first-order chi connectivity index (χ1) is 13.0. The molecule has 2 aromatic rings. The van der Waals surface area contributed by atoms with Crippen LogP contribution in [0.1, 0.15) is 29.8 Å². The Kier molecular flexibility index (Phi) is 7.57. The number of esters is 1. The third kappa shape index (κ3) is 6.27. The number of carbonyl (C=O) groups excluding carboxylic acids is 1. The topological polar surface area (TPSA) is 95.2 Å². The molecule has 0 aliphatic heterocycles. The highest BCUT2D eigenvalue weighted by Gasteiger charge is 2.13. The van der Waals surface area contributed by atoms with E-state index in [2.05, 4.69) is 22.7 Å². The lowest BCUT2D eigenvalue weighted by atomic mass is 10.2. The van der Waals surface area contributed by atoms with E-state index in [0.717, 1.165) is 5.56 Å². The van der Waals surface area contributed by atoms with Gasteiger partial charge in [0.2, 0.25) is 0 Å². The number of hydrogen-bond acceptors (Lipinski definition) is 6. The van der Waals surface area contributed by atoms with Crippen molar-refractivity contribution in [2.75, 3.05) is 13.2 Å². The van der Waals surface area contributed by atoms with Crippen molar-refractivity contribution in [2.45, 2.75) is 13.8 Å². The number of thiocarbonyl (C=S) groups is 1. The third-order valence-electron chi connectivity index (χ3n) is 3.26. The second kappa shape index (κ2) is 10.1. The number of hydrazone groups is 1. The number of nitrogens with zero attached hydrogens (tertiary/aromatic N) is 1. The van der Waals surface area contributed by atoms with Gasteiger partial charge in [0.1, 0.15) is 5.75 Å². The van der Waals surface area contributed by atoms with Gasteiger partial charge in [0.15, 0.2) is 16.6 Å². The molecule has 2 aromatic carbocycles. The van der Waals surface area contributed by atoms with Gasteiger partial charge in [-0.25, -0.2) is 4.79 Å². The number of nitrogens with two attached hydrogens (primary N) is 1. The van der Waals surface area contributed by atoms with Crippen molar-refractivity contribution in [3.63, 3.8) is 0 Å². The highest BCUT2D eigenvalue weighted by Crippen LogP contribution is 2.29. The monoisotopic (exact) mass is 387 g/mol. The van der Waals surface area contributed by atoms with E-state index in [-0.39, 0.29) is 5.11 Å². The summed E-state index contributed by atoms with van der Waals surface area (Å²) in [5, 5.41) is 3.95. The molecule has 0 aliphatic rings. The van der Waals surface area contributed by atoms with Crippen molar-refractivity contribution in [1.82, 2.24) is 5.43 Å². The van der Waals surface area contributed by atoms with Crippen LogP contribution in [0.2, 0.25) is 0 Å². The van der Waals surface area contributed by atoms with Gasteiger partial charge in [-0.15, -0.1) is 0 Å². The van der Waals surface area contributed by atoms with Crippen LogP contribution in [0.4, 0.5) is 0 Å². The van der Waals surface area contributed by atoms with Gasteiger partial charge in [0.05, 0.1) is 25.0 Å². The molecule has 2 rings (SSSR count). The lowest BCUT2D eigenvalue weighted by Gasteiger charge is -2.11. The molecular weight excluding hydrogens is 366 g/mol. The zero-order valence-corrected chi connectivity index (χ0v) is 15.9. The number of nitrogens with one attached hydrogen (secondary N) is 1. The molecule has 0 atom stereocenters. The maximum atomic E-state index is 12.4. The number of benzene rings is 2. The minimum absolute atomic E-state index is 0.0668. The molecule has 0 spiro atoms. The van der Waals surface area contributed by atoms with Crippen LogP contribution >= 0.6 is 12.2 Å². The Bertz CT molecular complexity index is 822. The van der Waals surface area contributed by atoms with Crippen LogP contribution < -0.4 is 25.4 Å². The summed E-state index contributed by atoms with van der Waals surface area (Å²) in [7, 11) is 0. The number of rotatable bonds is 8. The maximum absolute atomic E-state index is 12.4. The molecule has 0 radical (unpaired) electrons. The summed E-state index contributed by atoms with van der Waals surface area (Å²) in [6.07, 6.45) is 1.53. The standard InChI is InChI=1S/C19H21N3O4S/c1-3-24-15-8-6-14(7-9-15)18(23)26-16-10-5-13(11-17(16)25-4-2)12-21-22-19(20)27/h5-12H,3-4H2,1-2H3,(H3,20,22,27)/b21-12+. The highest BCUT2D eigenvalue weighted by atomic mass is 32.1. The van der Waals surface area contributed by atoms with Gasteiger partial charge in [-0.2, -0.15) is 5.10 Å².